The van der Waals surface area contributed by atoms with Crippen molar-refractivity contribution in [3.63, 3.8) is 0 Å². The normalized spacial score (nSPS) is 13.2. The van der Waals surface area contributed by atoms with E-state index in [1.165, 1.54) is 0 Å². The first-order valence-corrected chi connectivity index (χ1v) is 6.31. The SMILES string of the molecule is CC(C)(C)C(Cn1ccnc1)NC(=O)c1nc(N)n[nH]1. The van der Waals surface area contributed by atoms with Crippen molar-refractivity contribution in [2.24, 2.45) is 5.41 Å². The Bertz CT molecular complexity index is 567. The molecule has 0 saturated carbocycles. The second kappa shape index (κ2) is 5.32. The maximum atomic E-state index is 12.1. The molecule has 2 aromatic rings. The van der Waals surface area contributed by atoms with Gasteiger partial charge in [0.05, 0.1) is 12.4 Å². The van der Waals surface area contributed by atoms with Gasteiger partial charge in [0.25, 0.3) is 5.91 Å². The third-order valence-corrected chi connectivity index (χ3v) is 3.02. The highest BCUT2D eigenvalue weighted by Gasteiger charge is 2.27. The number of carbonyl (C=O) groups is 1. The summed E-state index contributed by atoms with van der Waals surface area (Å²) in [5.41, 5.74) is 5.28. The molecule has 8 heteroatoms. The fourth-order valence-electron chi connectivity index (χ4n) is 1.74. The zero-order chi connectivity index (χ0) is 14.8. The van der Waals surface area contributed by atoms with E-state index in [0.29, 0.717) is 6.54 Å². The van der Waals surface area contributed by atoms with Crippen molar-refractivity contribution < 1.29 is 4.79 Å². The van der Waals surface area contributed by atoms with Crippen molar-refractivity contribution in [3.05, 3.63) is 24.5 Å². The molecule has 0 aliphatic rings. The lowest BCUT2D eigenvalue weighted by Crippen LogP contribution is -2.46. The third-order valence-electron chi connectivity index (χ3n) is 3.02. The summed E-state index contributed by atoms with van der Waals surface area (Å²) in [7, 11) is 0. The molecule has 0 aromatic carbocycles. The van der Waals surface area contributed by atoms with Crippen molar-refractivity contribution in [1.82, 2.24) is 30.0 Å². The number of aromatic nitrogens is 5. The number of hydrogen-bond acceptors (Lipinski definition) is 5. The minimum absolute atomic E-state index is 0.0528. The molecule has 20 heavy (non-hydrogen) atoms. The number of H-pyrrole nitrogens is 1. The fraction of sp³-hybridized carbons (Fsp3) is 0.500. The van der Waals surface area contributed by atoms with Crippen molar-refractivity contribution in [2.45, 2.75) is 33.4 Å². The van der Waals surface area contributed by atoms with Crippen LogP contribution < -0.4 is 11.1 Å². The van der Waals surface area contributed by atoms with Crippen LogP contribution in [0.4, 0.5) is 5.95 Å². The maximum absolute atomic E-state index is 12.1. The van der Waals surface area contributed by atoms with E-state index < -0.39 is 0 Å². The summed E-state index contributed by atoms with van der Waals surface area (Å²) in [6, 6.07) is -0.0875. The minimum Gasteiger partial charge on any atom is -0.366 e. The number of aromatic amines is 1. The topological polar surface area (TPSA) is 115 Å². The van der Waals surface area contributed by atoms with Crippen LogP contribution in [0.15, 0.2) is 18.7 Å². The van der Waals surface area contributed by atoms with Gasteiger partial charge >= 0.3 is 0 Å². The van der Waals surface area contributed by atoms with Crippen LogP contribution in [-0.4, -0.2) is 36.7 Å². The van der Waals surface area contributed by atoms with Gasteiger partial charge in [-0.3, -0.25) is 9.89 Å². The minimum atomic E-state index is -0.325. The van der Waals surface area contributed by atoms with E-state index in [1.54, 1.807) is 12.5 Å². The average Bonchev–Trinajstić information content (AvgIpc) is 2.98. The molecule has 0 bridgehead atoms. The van der Waals surface area contributed by atoms with Gasteiger partial charge in [0.1, 0.15) is 0 Å². The first-order chi connectivity index (χ1) is 9.36. The Hall–Kier alpha value is -2.38. The molecule has 1 amide bonds. The highest BCUT2D eigenvalue weighted by atomic mass is 16.2. The van der Waals surface area contributed by atoms with Crippen LogP contribution in [0, 0.1) is 5.41 Å². The highest BCUT2D eigenvalue weighted by Crippen LogP contribution is 2.21. The van der Waals surface area contributed by atoms with E-state index in [4.69, 9.17) is 5.73 Å². The Morgan fingerprint density at radius 3 is 2.80 bits per heavy atom. The molecular formula is C12H19N7O. The molecule has 0 aliphatic carbocycles. The summed E-state index contributed by atoms with van der Waals surface area (Å²) >= 11 is 0. The smallest absolute Gasteiger partial charge is 0.288 e. The van der Waals surface area contributed by atoms with Crippen LogP contribution in [0.3, 0.4) is 0 Å². The molecule has 8 nitrogen and oxygen atoms in total. The van der Waals surface area contributed by atoms with E-state index >= 15 is 0 Å². The van der Waals surface area contributed by atoms with Gasteiger partial charge in [-0.2, -0.15) is 4.98 Å². The van der Waals surface area contributed by atoms with E-state index in [-0.39, 0.29) is 29.1 Å². The molecule has 1 atom stereocenters. The lowest BCUT2D eigenvalue weighted by molar-refractivity contribution is 0.0882. The standard InChI is InChI=1S/C12H19N7O/c1-12(2,3)8(6-19-5-4-14-7-19)15-10(20)9-16-11(13)18-17-9/h4-5,7-8H,6H2,1-3H3,(H,15,20)(H3,13,16,17,18). The van der Waals surface area contributed by atoms with Gasteiger partial charge < -0.3 is 15.6 Å². The second-order valence-corrected chi connectivity index (χ2v) is 5.69. The summed E-state index contributed by atoms with van der Waals surface area (Å²) < 4.78 is 1.92. The molecule has 2 aromatic heterocycles. The predicted octanol–water partition coefficient (Wildman–Crippen LogP) is 0.428. The number of nitrogens with two attached hydrogens (primary N) is 1. The summed E-state index contributed by atoms with van der Waals surface area (Å²) in [4.78, 5) is 19.9. The number of nitrogens with one attached hydrogen (secondary N) is 2. The third kappa shape index (κ3) is 3.34. The zero-order valence-electron chi connectivity index (χ0n) is 11.8. The summed E-state index contributed by atoms with van der Waals surface area (Å²) in [6.07, 6.45) is 5.29. The van der Waals surface area contributed by atoms with Crippen molar-refractivity contribution >= 4 is 11.9 Å². The van der Waals surface area contributed by atoms with Gasteiger partial charge in [-0.1, -0.05) is 20.8 Å². The molecule has 1 unspecified atom stereocenters. The van der Waals surface area contributed by atoms with Crippen LogP contribution in [0.1, 0.15) is 31.4 Å². The largest absolute Gasteiger partial charge is 0.366 e. The van der Waals surface area contributed by atoms with E-state index in [2.05, 4.69) is 46.3 Å². The molecule has 0 radical (unpaired) electrons. The van der Waals surface area contributed by atoms with Gasteiger partial charge in [-0.25, -0.2) is 4.98 Å². The van der Waals surface area contributed by atoms with Crippen molar-refractivity contribution in [1.29, 1.82) is 0 Å². The number of rotatable bonds is 4. The molecule has 0 saturated heterocycles. The zero-order valence-corrected chi connectivity index (χ0v) is 11.8. The van der Waals surface area contributed by atoms with Crippen LogP contribution in [-0.2, 0) is 6.54 Å². The van der Waals surface area contributed by atoms with E-state index in [0.717, 1.165) is 0 Å². The number of nitrogens with zero attached hydrogens (tertiary/aromatic N) is 4. The molecule has 0 spiro atoms. The molecule has 0 fully saturated rings. The van der Waals surface area contributed by atoms with Gasteiger partial charge in [-0.15, -0.1) is 5.10 Å². The predicted molar refractivity (Wildman–Crippen MR) is 73.7 cm³/mol. The number of nitrogen functional groups attached to an aromatic ring is 1. The lowest BCUT2D eigenvalue weighted by Gasteiger charge is -2.31. The number of imidazole rings is 1. The van der Waals surface area contributed by atoms with Gasteiger partial charge in [0.2, 0.25) is 11.8 Å². The molecular weight excluding hydrogens is 258 g/mol. The molecule has 0 aliphatic heterocycles. The molecule has 2 rings (SSSR count). The quantitative estimate of drug-likeness (QED) is 0.749. The Labute approximate surface area is 116 Å². The van der Waals surface area contributed by atoms with E-state index in [9.17, 15) is 4.79 Å². The Morgan fingerprint density at radius 2 is 2.30 bits per heavy atom. The monoisotopic (exact) mass is 277 g/mol. The molecule has 2 heterocycles. The number of carbonyl (C=O) groups excluding carboxylic acids is 1. The van der Waals surface area contributed by atoms with Gasteiger partial charge in [-0.05, 0) is 5.41 Å². The Balaban J connectivity index is 2.10. The Kier molecular flexibility index (Phi) is 3.73. The van der Waals surface area contributed by atoms with Gasteiger partial charge in [0.15, 0.2) is 0 Å². The Morgan fingerprint density at radius 1 is 1.55 bits per heavy atom. The number of hydrogen-bond donors (Lipinski definition) is 3. The number of amides is 1. The molecule has 4 N–H and O–H groups in total. The average molecular weight is 277 g/mol. The summed E-state index contributed by atoms with van der Waals surface area (Å²) in [5, 5.41) is 9.10. The lowest BCUT2D eigenvalue weighted by atomic mass is 9.86. The first kappa shape index (κ1) is 14.0. The van der Waals surface area contributed by atoms with Crippen molar-refractivity contribution in [3.8, 4) is 0 Å². The van der Waals surface area contributed by atoms with Crippen LogP contribution >= 0.6 is 0 Å². The summed E-state index contributed by atoms with van der Waals surface area (Å²) in [6.45, 7) is 6.80. The highest BCUT2D eigenvalue weighted by molar-refractivity contribution is 5.90. The van der Waals surface area contributed by atoms with Crippen LogP contribution in [0.25, 0.3) is 0 Å². The van der Waals surface area contributed by atoms with Crippen molar-refractivity contribution in [2.75, 3.05) is 5.73 Å². The second-order valence-electron chi connectivity index (χ2n) is 5.69. The van der Waals surface area contributed by atoms with E-state index in [1.807, 2.05) is 10.8 Å². The molecule has 108 valence electrons. The summed E-state index contributed by atoms with van der Waals surface area (Å²) in [5.74, 6) is -0.159. The maximum Gasteiger partial charge on any atom is 0.288 e. The fourth-order valence-corrected chi connectivity index (χ4v) is 1.74. The van der Waals surface area contributed by atoms with Gasteiger partial charge in [0, 0.05) is 18.9 Å². The number of anilines is 1. The van der Waals surface area contributed by atoms with Crippen LogP contribution in [0.5, 0.6) is 0 Å². The first-order valence-electron chi connectivity index (χ1n) is 6.31. The van der Waals surface area contributed by atoms with Crippen LogP contribution in [0.2, 0.25) is 0 Å².